The third kappa shape index (κ3) is 2.90. The van der Waals surface area contributed by atoms with Crippen LogP contribution in [0.5, 0.6) is 0 Å². The van der Waals surface area contributed by atoms with Gasteiger partial charge in [-0.1, -0.05) is 19.1 Å². The molecular formula is C17H21N3O2. The molecule has 0 spiro atoms. The van der Waals surface area contributed by atoms with Gasteiger partial charge in [-0.05, 0) is 38.3 Å². The van der Waals surface area contributed by atoms with Crippen LogP contribution in [0.25, 0.3) is 11.4 Å². The van der Waals surface area contributed by atoms with Crippen molar-refractivity contribution < 1.29 is 9.53 Å². The number of aromatic amines is 1. The summed E-state index contributed by atoms with van der Waals surface area (Å²) in [6.07, 6.45) is 0.583. The Morgan fingerprint density at radius 2 is 2.23 bits per heavy atom. The van der Waals surface area contributed by atoms with Gasteiger partial charge in [-0.15, -0.1) is 0 Å². The van der Waals surface area contributed by atoms with Gasteiger partial charge < -0.3 is 15.0 Å². The lowest BCUT2D eigenvalue weighted by molar-refractivity contribution is -0.126. The highest BCUT2D eigenvalue weighted by molar-refractivity contribution is 5.95. The van der Waals surface area contributed by atoms with Crippen LogP contribution in [0.15, 0.2) is 24.3 Å². The average Bonchev–Trinajstić information content (AvgIpc) is 3.06. The predicted octanol–water partition coefficient (Wildman–Crippen LogP) is 3.06. The van der Waals surface area contributed by atoms with Gasteiger partial charge in [0.1, 0.15) is 11.9 Å². The first-order valence-corrected chi connectivity index (χ1v) is 7.60. The third-order valence-electron chi connectivity index (χ3n) is 4.18. The quantitative estimate of drug-likeness (QED) is 0.915. The minimum absolute atomic E-state index is 0.0750. The summed E-state index contributed by atoms with van der Waals surface area (Å²) < 4.78 is 5.50. The Morgan fingerprint density at radius 1 is 1.41 bits per heavy atom. The van der Waals surface area contributed by atoms with E-state index in [9.17, 15) is 4.79 Å². The van der Waals surface area contributed by atoms with Crippen molar-refractivity contribution in [3.8, 4) is 11.4 Å². The molecule has 1 saturated heterocycles. The number of nitrogens with one attached hydrogen (secondary N) is 2. The van der Waals surface area contributed by atoms with Crippen molar-refractivity contribution in [1.82, 2.24) is 9.97 Å². The monoisotopic (exact) mass is 299 g/mol. The predicted molar refractivity (Wildman–Crippen MR) is 85.6 cm³/mol. The number of hydrogen-bond donors (Lipinski definition) is 2. The van der Waals surface area contributed by atoms with Crippen LogP contribution >= 0.6 is 0 Å². The molecule has 0 radical (unpaired) electrons. The second-order valence-electron chi connectivity index (χ2n) is 5.92. The lowest BCUT2D eigenvalue weighted by atomic mass is 10.0. The zero-order valence-corrected chi connectivity index (χ0v) is 13.1. The first-order valence-electron chi connectivity index (χ1n) is 7.60. The number of rotatable bonds is 3. The summed E-state index contributed by atoms with van der Waals surface area (Å²) >= 11 is 0. The Labute approximate surface area is 130 Å². The molecule has 1 aliphatic rings. The summed E-state index contributed by atoms with van der Waals surface area (Å²) in [7, 11) is 0. The summed E-state index contributed by atoms with van der Waals surface area (Å²) in [5.74, 6) is 1.00. The zero-order chi connectivity index (χ0) is 15.7. The number of H-pyrrole nitrogens is 1. The Balaban J connectivity index is 1.78. The first-order chi connectivity index (χ1) is 10.5. The van der Waals surface area contributed by atoms with Gasteiger partial charge in [-0.2, -0.15) is 0 Å². The molecule has 0 saturated carbocycles. The minimum Gasteiger partial charge on any atom is -0.368 e. The fourth-order valence-corrected chi connectivity index (χ4v) is 2.67. The van der Waals surface area contributed by atoms with Gasteiger partial charge in [0.05, 0.1) is 5.69 Å². The van der Waals surface area contributed by atoms with E-state index in [1.165, 1.54) is 0 Å². The van der Waals surface area contributed by atoms with Gasteiger partial charge in [0.25, 0.3) is 5.91 Å². The van der Waals surface area contributed by atoms with Crippen LogP contribution in [0, 0.1) is 19.8 Å². The molecule has 1 fully saturated rings. The maximum atomic E-state index is 12.3. The highest BCUT2D eigenvalue weighted by Gasteiger charge is 2.30. The lowest BCUT2D eigenvalue weighted by Gasteiger charge is -2.14. The average molecular weight is 299 g/mol. The smallest absolute Gasteiger partial charge is 0.253 e. The van der Waals surface area contributed by atoms with Gasteiger partial charge in [0, 0.05) is 23.6 Å². The number of hydrogen-bond acceptors (Lipinski definition) is 3. The van der Waals surface area contributed by atoms with Crippen LogP contribution in [0.3, 0.4) is 0 Å². The normalized spacial score (nSPS) is 21.0. The second kappa shape index (κ2) is 5.93. The minimum atomic E-state index is -0.350. The van der Waals surface area contributed by atoms with E-state index in [0.29, 0.717) is 6.61 Å². The highest BCUT2D eigenvalue weighted by atomic mass is 16.5. The third-order valence-corrected chi connectivity index (χ3v) is 4.18. The number of carbonyl (C=O) groups excluding carboxylic acids is 1. The van der Waals surface area contributed by atoms with Gasteiger partial charge in [0.15, 0.2) is 0 Å². The summed E-state index contributed by atoms with van der Waals surface area (Å²) in [5.41, 5.74) is 3.75. The fourth-order valence-electron chi connectivity index (χ4n) is 2.67. The van der Waals surface area contributed by atoms with E-state index in [2.05, 4.69) is 15.3 Å². The molecule has 116 valence electrons. The van der Waals surface area contributed by atoms with E-state index >= 15 is 0 Å². The zero-order valence-electron chi connectivity index (χ0n) is 13.1. The number of amides is 1. The fraction of sp³-hybridized carbons (Fsp3) is 0.412. The molecule has 2 aromatic rings. The van der Waals surface area contributed by atoms with E-state index in [4.69, 9.17) is 4.74 Å². The van der Waals surface area contributed by atoms with E-state index in [0.717, 1.165) is 34.9 Å². The molecule has 1 amide bonds. The largest absolute Gasteiger partial charge is 0.368 e. The summed E-state index contributed by atoms with van der Waals surface area (Å²) in [6, 6.07) is 7.69. The molecule has 5 heteroatoms. The highest BCUT2D eigenvalue weighted by Crippen LogP contribution is 2.24. The maximum absolute atomic E-state index is 12.3. The number of carbonyl (C=O) groups is 1. The van der Waals surface area contributed by atoms with Crippen LogP contribution < -0.4 is 5.32 Å². The maximum Gasteiger partial charge on any atom is 0.253 e. The molecule has 2 heterocycles. The van der Waals surface area contributed by atoms with Crippen molar-refractivity contribution in [1.29, 1.82) is 0 Å². The standard InChI is InChI=1S/C17H21N3O2/c1-10-7-8-22-15(10)17(21)20-14-6-4-5-13(9-14)16-18-11(2)12(3)19-16/h4-6,9-10,15H,7-8H2,1-3H3,(H,18,19)(H,20,21)/t10-,15-/m1/s1. The number of imidazole rings is 1. The number of anilines is 1. The van der Waals surface area contributed by atoms with Gasteiger partial charge in [-0.25, -0.2) is 4.98 Å². The van der Waals surface area contributed by atoms with Crippen molar-refractivity contribution in [3.63, 3.8) is 0 Å². The Morgan fingerprint density at radius 3 is 2.86 bits per heavy atom. The molecule has 1 aromatic carbocycles. The molecule has 0 unspecified atom stereocenters. The number of benzene rings is 1. The summed E-state index contributed by atoms with van der Waals surface area (Å²) in [5, 5.41) is 2.94. The van der Waals surface area contributed by atoms with Crippen LogP contribution in [0.2, 0.25) is 0 Å². The molecule has 22 heavy (non-hydrogen) atoms. The SMILES string of the molecule is Cc1nc(-c2cccc(NC(=O)[C@@H]3OCC[C@H]3C)c2)[nH]c1C. The summed E-state index contributed by atoms with van der Waals surface area (Å²) in [4.78, 5) is 20.0. The number of ether oxygens (including phenoxy) is 1. The molecule has 1 aliphatic heterocycles. The molecule has 5 nitrogen and oxygen atoms in total. The lowest BCUT2D eigenvalue weighted by Crippen LogP contribution is -2.31. The molecular weight excluding hydrogens is 278 g/mol. The van der Waals surface area contributed by atoms with Crippen LogP contribution in [-0.2, 0) is 9.53 Å². The van der Waals surface area contributed by atoms with E-state index in [-0.39, 0.29) is 17.9 Å². The topological polar surface area (TPSA) is 67.0 Å². The van der Waals surface area contributed by atoms with Crippen LogP contribution in [-0.4, -0.2) is 28.6 Å². The molecule has 2 atom stereocenters. The molecule has 3 rings (SSSR count). The van der Waals surface area contributed by atoms with Gasteiger partial charge >= 0.3 is 0 Å². The number of aromatic nitrogens is 2. The molecule has 2 N–H and O–H groups in total. The first kappa shape index (κ1) is 14.8. The van der Waals surface area contributed by atoms with Gasteiger partial charge in [0.2, 0.25) is 0 Å². The second-order valence-corrected chi connectivity index (χ2v) is 5.92. The Hall–Kier alpha value is -2.14. The van der Waals surface area contributed by atoms with Crippen molar-refractivity contribution >= 4 is 11.6 Å². The number of aryl methyl sites for hydroxylation is 2. The summed E-state index contributed by atoms with van der Waals surface area (Å²) in [6.45, 7) is 6.67. The van der Waals surface area contributed by atoms with E-state index in [1.807, 2.05) is 45.0 Å². The van der Waals surface area contributed by atoms with Crippen LogP contribution in [0.1, 0.15) is 24.7 Å². The molecule has 0 aliphatic carbocycles. The van der Waals surface area contributed by atoms with E-state index in [1.54, 1.807) is 0 Å². The van der Waals surface area contributed by atoms with Crippen molar-refractivity contribution in [3.05, 3.63) is 35.7 Å². The van der Waals surface area contributed by atoms with Crippen molar-refractivity contribution in [2.45, 2.75) is 33.3 Å². The number of nitrogens with zero attached hydrogens (tertiary/aromatic N) is 1. The Kier molecular flexibility index (Phi) is 3.98. The van der Waals surface area contributed by atoms with Crippen LogP contribution in [0.4, 0.5) is 5.69 Å². The van der Waals surface area contributed by atoms with Gasteiger partial charge in [-0.3, -0.25) is 4.79 Å². The van der Waals surface area contributed by atoms with Crippen molar-refractivity contribution in [2.75, 3.05) is 11.9 Å². The molecule has 0 bridgehead atoms. The Bertz CT molecular complexity index is 673. The van der Waals surface area contributed by atoms with E-state index < -0.39 is 0 Å². The van der Waals surface area contributed by atoms with Crippen molar-refractivity contribution in [2.24, 2.45) is 5.92 Å². The molecule has 1 aromatic heterocycles.